The van der Waals surface area contributed by atoms with Crippen molar-refractivity contribution in [2.45, 2.75) is 24.9 Å². The lowest BCUT2D eigenvalue weighted by atomic mass is 10.1. The van der Waals surface area contributed by atoms with Gasteiger partial charge in [0.15, 0.2) is 0 Å². The van der Waals surface area contributed by atoms with Gasteiger partial charge in [-0.3, -0.25) is 9.59 Å². The van der Waals surface area contributed by atoms with Crippen LogP contribution in [0.25, 0.3) is 0 Å². The van der Waals surface area contributed by atoms with Crippen LogP contribution in [0.5, 0.6) is 0 Å². The lowest BCUT2D eigenvalue weighted by Gasteiger charge is -2.20. The second kappa shape index (κ2) is 8.78. The van der Waals surface area contributed by atoms with Crippen LogP contribution >= 0.6 is 0 Å². The topological polar surface area (TPSA) is 70.2 Å². The lowest BCUT2D eigenvalue weighted by Crippen LogP contribution is -2.27. The Morgan fingerprint density at radius 2 is 1.47 bits per heavy atom. The van der Waals surface area contributed by atoms with E-state index in [4.69, 9.17) is 0 Å². The van der Waals surface area contributed by atoms with E-state index in [0.717, 1.165) is 18.4 Å². The Kier molecular flexibility index (Phi) is 5.75. The molecule has 3 aromatic rings. The van der Waals surface area contributed by atoms with Crippen LogP contribution in [0, 0.1) is 5.82 Å². The molecule has 0 bridgehead atoms. The van der Waals surface area contributed by atoms with Crippen LogP contribution in [0.2, 0.25) is 0 Å². The van der Waals surface area contributed by atoms with E-state index in [9.17, 15) is 14.0 Å². The summed E-state index contributed by atoms with van der Waals surface area (Å²) < 4.78 is 13.1. The highest BCUT2D eigenvalue weighted by atomic mass is 19.1. The van der Waals surface area contributed by atoms with E-state index >= 15 is 0 Å². The standard InChI is InChI=1S/C24H22FN3O2/c25-18-8-12-20(13-9-18)28-24(30)22(16-4-2-1-3-5-16)26-19-10-6-17(7-11-19)23(29)27-21-14-15-21/h1-13,21-22,26H,14-15H2,(H,27,29)(H,28,30). The van der Waals surface area contributed by atoms with E-state index in [0.29, 0.717) is 23.0 Å². The largest absolute Gasteiger partial charge is 0.370 e. The molecule has 0 saturated heterocycles. The first-order valence-electron chi connectivity index (χ1n) is 9.87. The normalized spacial score (nSPS) is 13.9. The summed E-state index contributed by atoms with van der Waals surface area (Å²) in [5.41, 5.74) is 2.59. The van der Waals surface area contributed by atoms with Crippen molar-refractivity contribution >= 4 is 23.2 Å². The quantitative estimate of drug-likeness (QED) is 0.544. The van der Waals surface area contributed by atoms with Crippen molar-refractivity contribution in [2.24, 2.45) is 0 Å². The highest BCUT2D eigenvalue weighted by Crippen LogP contribution is 2.23. The third kappa shape index (κ3) is 5.03. The Morgan fingerprint density at radius 1 is 0.833 bits per heavy atom. The maximum absolute atomic E-state index is 13.1. The monoisotopic (exact) mass is 403 g/mol. The van der Waals surface area contributed by atoms with E-state index < -0.39 is 6.04 Å². The molecule has 5 nitrogen and oxygen atoms in total. The highest BCUT2D eigenvalue weighted by Gasteiger charge is 2.24. The van der Waals surface area contributed by atoms with E-state index in [1.54, 1.807) is 24.3 Å². The molecule has 30 heavy (non-hydrogen) atoms. The summed E-state index contributed by atoms with van der Waals surface area (Å²) in [5.74, 6) is -0.724. The van der Waals surface area contributed by atoms with Crippen LogP contribution in [-0.4, -0.2) is 17.9 Å². The van der Waals surface area contributed by atoms with Gasteiger partial charge in [-0.2, -0.15) is 0 Å². The summed E-state index contributed by atoms with van der Waals surface area (Å²) >= 11 is 0. The molecule has 1 saturated carbocycles. The number of carbonyl (C=O) groups is 2. The van der Waals surface area contributed by atoms with Crippen LogP contribution in [0.3, 0.4) is 0 Å². The molecule has 0 heterocycles. The number of hydrogen-bond acceptors (Lipinski definition) is 3. The van der Waals surface area contributed by atoms with Gasteiger partial charge in [0.1, 0.15) is 11.9 Å². The van der Waals surface area contributed by atoms with Crippen LogP contribution in [0.4, 0.5) is 15.8 Å². The van der Waals surface area contributed by atoms with E-state index in [1.807, 2.05) is 30.3 Å². The Labute approximate surface area is 174 Å². The molecule has 3 aromatic carbocycles. The number of carbonyl (C=O) groups excluding carboxylic acids is 2. The zero-order valence-electron chi connectivity index (χ0n) is 16.3. The van der Waals surface area contributed by atoms with Gasteiger partial charge in [0.25, 0.3) is 11.8 Å². The molecule has 0 aliphatic heterocycles. The zero-order chi connectivity index (χ0) is 20.9. The highest BCUT2D eigenvalue weighted by molar-refractivity contribution is 5.98. The molecular formula is C24H22FN3O2. The molecule has 1 fully saturated rings. The number of amides is 2. The van der Waals surface area contributed by atoms with Crippen molar-refractivity contribution in [2.75, 3.05) is 10.6 Å². The SMILES string of the molecule is O=C(NC1CC1)c1ccc(NC(C(=O)Nc2ccc(F)cc2)c2ccccc2)cc1. The number of nitrogens with one attached hydrogen (secondary N) is 3. The predicted molar refractivity (Wildman–Crippen MR) is 115 cm³/mol. The fourth-order valence-electron chi connectivity index (χ4n) is 3.07. The minimum atomic E-state index is -0.664. The zero-order valence-corrected chi connectivity index (χ0v) is 16.3. The molecule has 1 atom stereocenters. The van der Waals surface area contributed by atoms with Crippen molar-refractivity contribution in [3.63, 3.8) is 0 Å². The summed E-state index contributed by atoms with van der Waals surface area (Å²) in [4.78, 5) is 25.1. The fraction of sp³-hybridized carbons (Fsp3) is 0.167. The summed E-state index contributed by atoms with van der Waals surface area (Å²) in [6, 6.07) is 21.6. The number of halogens is 1. The van der Waals surface area contributed by atoms with Crippen LogP contribution < -0.4 is 16.0 Å². The molecule has 4 rings (SSSR count). The summed E-state index contributed by atoms with van der Waals surface area (Å²) in [6.07, 6.45) is 2.07. The number of rotatable bonds is 7. The predicted octanol–water partition coefficient (Wildman–Crippen LogP) is 4.51. The molecule has 1 aliphatic rings. The van der Waals surface area contributed by atoms with Gasteiger partial charge in [-0.15, -0.1) is 0 Å². The average molecular weight is 403 g/mol. The van der Waals surface area contributed by atoms with E-state index in [1.165, 1.54) is 24.3 Å². The van der Waals surface area contributed by atoms with Gasteiger partial charge in [0.2, 0.25) is 0 Å². The Morgan fingerprint density at radius 3 is 2.10 bits per heavy atom. The number of anilines is 2. The first kappa shape index (κ1) is 19.6. The average Bonchev–Trinajstić information content (AvgIpc) is 3.58. The minimum absolute atomic E-state index is 0.0855. The van der Waals surface area contributed by atoms with Gasteiger partial charge >= 0.3 is 0 Å². The molecular weight excluding hydrogens is 381 g/mol. The van der Waals surface area contributed by atoms with Crippen molar-refractivity contribution in [3.05, 3.63) is 95.8 Å². The van der Waals surface area contributed by atoms with Gasteiger partial charge in [-0.1, -0.05) is 30.3 Å². The van der Waals surface area contributed by atoms with Crippen molar-refractivity contribution < 1.29 is 14.0 Å². The maximum Gasteiger partial charge on any atom is 0.251 e. The molecule has 152 valence electrons. The minimum Gasteiger partial charge on any atom is -0.370 e. The van der Waals surface area contributed by atoms with E-state index in [-0.39, 0.29) is 17.6 Å². The molecule has 6 heteroatoms. The fourth-order valence-corrected chi connectivity index (χ4v) is 3.07. The van der Waals surface area contributed by atoms with Crippen molar-refractivity contribution in [1.82, 2.24) is 5.32 Å². The second-order valence-corrected chi connectivity index (χ2v) is 7.31. The molecule has 0 spiro atoms. The third-order valence-corrected chi connectivity index (χ3v) is 4.88. The van der Waals surface area contributed by atoms with Gasteiger partial charge in [0, 0.05) is 23.0 Å². The molecule has 3 N–H and O–H groups in total. The van der Waals surface area contributed by atoms with Crippen molar-refractivity contribution in [1.29, 1.82) is 0 Å². The van der Waals surface area contributed by atoms with Crippen LogP contribution in [-0.2, 0) is 4.79 Å². The van der Waals surface area contributed by atoms with Gasteiger partial charge in [0.05, 0.1) is 0 Å². The maximum atomic E-state index is 13.1. The molecule has 2 amide bonds. The molecule has 0 aromatic heterocycles. The third-order valence-electron chi connectivity index (χ3n) is 4.88. The van der Waals surface area contributed by atoms with Crippen LogP contribution in [0.15, 0.2) is 78.9 Å². The molecule has 1 unspecified atom stereocenters. The van der Waals surface area contributed by atoms with Crippen molar-refractivity contribution in [3.8, 4) is 0 Å². The second-order valence-electron chi connectivity index (χ2n) is 7.31. The summed E-state index contributed by atoms with van der Waals surface area (Å²) in [5, 5.41) is 9.00. The number of hydrogen-bond donors (Lipinski definition) is 3. The smallest absolute Gasteiger partial charge is 0.251 e. The Bertz CT molecular complexity index is 1020. The first-order chi connectivity index (χ1) is 14.6. The van der Waals surface area contributed by atoms with Gasteiger partial charge < -0.3 is 16.0 Å². The van der Waals surface area contributed by atoms with Gasteiger partial charge in [-0.05, 0) is 66.9 Å². The first-order valence-corrected chi connectivity index (χ1v) is 9.87. The summed E-state index contributed by atoms with van der Waals surface area (Å²) in [6.45, 7) is 0. The lowest BCUT2D eigenvalue weighted by molar-refractivity contribution is -0.117. The van der Waals surface area contributed by atoms with E-state index in [2.05, 4.69) is 16.0 Å². The van der Waals surface area contributed by atoms with Gasteiger partial charge in [-0.25, -0.2) is 4.39 Å². The Balaban J connectivity index is 1.50. The Hall–Kier alpha value is -3.67. The molecule has 1 aliphatic carbocycles. The number of benzene rings is 3. The van der Waals surface area contributed by atoms with Crippen LogP contribution in [0.1, 0.15) is 34.8 Å². The summed E-state index contributed by atoms with van der Waals surface area (Å²) in [7, 11) is 0. The molecule has 0 radical (unpaired) electrons.